The molecule has 9 nitrogen and oxygen atoms in total. The number of fused-ring (bicyclic) bond motifs is 1. The van der Waals surface area contributed by atoms with Crippen LogP contribution in [0.25, 0.3) is 0 Å². The molecule has 2 aromatic rings. The number of H-pyrrole nitrogens is 1. The smallest absolute Gasteiger partial charge is 0.285 e. The van der Waals surface area contributed by atoms with Crippen molar-refractivity contribution in [3.8, 4) is 0 Å². The first-order valence-corrected chi connectivity index (χ1v) is 9.71. The number of anilines is 1. The van der Waals surface area contributed by atoms with Crippen molar-refractivity contribution in [2.75, 3.05) is 19.0 Å². The highest BCUT2D eigenvalue weighted by molar-refractivity contribution is 7.97. The Morgan fingerprint density at radius 1 is 1.41 bits per heavy atom. The van der Waals surface area contributed by atoms with E-state index in [1.807, 2.05) is 54.6 Å². The summed E-state index contributed by atoms with van der Waals surface area (Å²) in [5.41, 5.74) is 7.08. The number of carbonyl (C=O) groups excluding carboxylic acids is 1. The SMILES string of the molecule is COC(C(N)=O)c1ccc(SN2C=C(Nc3cc(C)[nH]n3)[N+]3C=CN=C3C2)cc1. The van der Waals surface area contributed by atoms with Gasteiger partial charge in [0, 0.05) is 23.8 Å². The van der Waals surface area contributed by atoms with Crippen LogP contribution in [0.15, 0.2) is 64.6 Å². The Hall–Kier alpha value is -3.08. The van der Waals surface area contributed by atoms with Crippen molar-refractivity contribution in [1.29, 1.82) is 0 Å². The van der Waals surface area contributed by atoms with E-state index in [1.165, 1.54) is 7.11 Å². The second-order valence-corrected chi connectivity index (χ2v) is 7.67. The molecule has 1 atom stereocenters. The van der Waals surface area contributed by atoms with Crippen LogP contribution in [0, 0.1) is 6.92 Å². The van der Waals surface area contributed by atoms with E-state index in [0.717, 1.165) is 33.6 Å². The number of benzene rings is 1. The van der Waals surface area contributed by atoms with Gasteiger partial charge in [-0.25, -0.2) is 0 Å². The number of ether oxygens (including phenoxy) is 1. The van der Waals surface area contributed by atoms with Gasteiger partial charge < -0.3 is 10.5 Å². The Kier molecular flexibility index (Phi) is 5.38. The first-order chi connectivity index (χ1) is 14.0. The normalized spacial score (nSPS) is 17.0. The minimum atomic E-state index is -0.746. The van der Waals surface area contributed by atoms with Crippen molar-refractivity contribution < 1.29 is 9.53 Å². The van der Waals surface area contributed by atoms with E-state index in [1.54, 1.807) is 18.1 Å². The molecule has 1 radical (unpaired) electrons. The molecule has 0 saturated heterocycles. The summed E-state index contributed by atoms with van der Waals surface area (Å²) in [4.78, 5) is 18.9. The number of aryl methyl sites for hydroxylation is 1. The third kappa shape index (κ3) is 4.19. The molecule has 0 fully saturated rings. The summed E-state index contributed by atoms with van der Waals surface area (Å²) in [6.07, 6.45) is 4.96. The van der Waals surface area contributed by atoms with Crippen LogP contribution in [0.3, 0.4) is 0 Å². The van der Waals surface area contributed by atoms with E-state index in [9.17, 15) is 4.79 Å². The van der Waals surface area contributed by atoms with E-state index in [4.69, 9.17) is 10.5 Å². The number of amides is 1. The largest absolute Gasteiger partial charge is 0.367 e. The predicted molar refractivity (Wildman–Crippen MR) is 112 cm³/mol. The van der Waals surface area contributed by atoms with Crippen LogP contribution in [0.5, 0.6) is 0 Å². The van der Waals surface area contributed by atoms with E-state index in [-0.39, 0.29) is 0 Å². The van der Waals surface area contributed by atoms with E-state index in [2.05, 4.69) is 24.8 Å². The van der Waals surface area contributed by atoms with Crippen molar-refractivity contribution in [3.63, 3.8) is 0 Å². The van der Waals surface area contributed by atoms with Crippen LogP contribution in [-0.4, -0.2) is 39.9 Å². The molecule has 1 aromatic carbocycles. The zero-order valence-corrected chi connectivity index (χ0v) is 16.8. The fraction of sp³-hybridized carbons (Fsp3) is 0.211. The lowest BCUT2D eigenvalue weighted by molar-refractivity contribution is -0.128. The molecule has 29 heavy (non-hydrogen) atoms. The Morgan fingerprint density at radius 2 is 2.21 bits per heavy atom. The van der Waals surface area contributed by atoms with Crippen LogP contribution >= 0.6 is 11.9 Å². The number of nitrogens with zero attached hydrogens (tertiary/aromatic N) is 4. The lowest BCUT2D eigenvalue weighted by Gasteiger charge is -2.24. The average molecular weight is 411 g/mol. The number of rotatable bonds is 7. The fourth-order valence-electron chi connectivity index (χ4n) is 3.07. The number of nitrogens with one attached hydrogen (secondary N) is 2. The van der Waals surface area contributed by atoms with Crippen molar-refractivity contribution in [2.24, 2.45) is 10.7 Å². The second kappa shape index (κ2) is 8.11. The van der Waals surface area contributed by atoms with Crippen LogP contribution < -0.4 is 16.0 Å². The van der Waals surface area contributed by atoms with Crippen molar-refractivity contribution in [2.45, 2.75) is 17.9 Å². The summed E-state index contributed by atoms with van der Waals surface area (Å²) in [6.45, 7) is 2.60. The molecule has 0 aliphatic carbocycles. The summed E-state index contributed by atoms with van der Waals surface area (Å²) >= 11 is 1.57. The summed E-state index contributed by atoms with van der Waals surface area (Å²) in [5, 5.41) is 10.5. The summed E-state index contributed by atoms with van der Waals surface area (Å²) in [7, 11) is 1.47. The van der Waals surface area contributed by atoms with E-state index in [0.29, 0.717) is 6.54 Å². The average Bonchev–Trinajstić information content (AvgIpc) is 3.32. The van der Waals surface area contributed by atoms with Gasteiger partial charge in [-0.1, -0.05) is 12.1 Å². The van der Waals surface area contributed by atoms with Crippen LogP contribution in [0.1, 0.15) is 17.4 Å². The molecule has 0 spiro atoms. The maximum absolute atomic E-state index is 11.5. The van der Waals surface area contributed by atoms with Crippen LogP contribution in [0.4, 0.5) is 5.82 Å². The molecule has 2 aliphatic heterocycles. The first-order valence-electron chi connectivity index (χ1n) is 8.93. The molecule has 149 valence electrons. The standard InChI is InChI=1S/C19H21N7O2S/c1-12-9-15(24-23-12)22-17-11-25(10-16-21-7-8-26(16)17)29-14-5-3-13(4-6-14)18(28-2)19(20)27/h3-9,11,18H,10H2,1-2H3,(H2,20,27)(H2,22,23,24)/q+1. The number of aromatic nitrogens is 2. The predicted octanol–water partition coefficient (Wildman–Crippen LogP) is 2.15. The number of primary amides is 1. The van der Waals surface area contributed by atoms with E-state index >= 15 is 0 Å². The first kappa shape index (κ1) is 19.2. The van der Waals surface area contributed by atoms with Gasteiger partial charge in [0.15, 0.2) is 18.1 Å². The summed E-state index contributed by atoms with van der Waals surface area (Å²) < 4.78 is 7.25. The number of amidine groups is 1. The number of aromatic amines is 1. The molecule has 4 rings (SSSR count). The third-order valence-electron chi connectivity index (χ3n) is 4.40. The minimum absolute atomic E-state index is 0.511. The van der Waals surface area contributed by atoms with Gasteiger partial charge in [-0.2, -0.15) is 10.1 Å². The minimum Gasteiger partial charge on any atom is -0.367 e. The monoisotopic (exact) mass is 411 g/mol. The van der Waals surface area contributed by atoms with Gasteiger partial charge in [0.05, 0.1) is 12.4 Å². The van der Waals surface area contributed by atoms with Gasteiger partial charge in [-0.05, 0) is 41.5 Å². The number of nitrogens with two attached hydrogens (primary N) is 1. The van der Waals surface area contributed by atoms with Crippen molar-refractivity contribution in [1.82, 2.24) is 19.4 Å². The number of hydrogen-bond acceptors (Lipinski definition) is 8. The molecule has 1 aromatic heterocycles. The van der Waals surface area contributed by atoms with Crippen LogP contribution in [-0.2, 0) is 9.53 Å². The number of aliphatic imine (C=N–C) groups is 1. The molecule has 0 saturated carbocycles. The zero-order valence-electron chi connectivity index (χ0n) is 16.0. The highest BCUT2D eigenvalue weighted by Crippen LogP contribution is 2.29. The van der Waals surface area contributed by atoms with Gasteiger partial charge in [-0.15, -0.1) is 0 Å². The van der Waals surface area contributed by atoms with Gasteiger partial charge in [0.25, 0.3) is 17.6 Å². The number of methoxy groups -OCH3 is 1. The Balaban J connectivity index is 1.51. The quantitative estimate of drug-likeness (QED) is 0.475. The maximum Gasteiger partial charge on any atom is 0.285 e. The second-order valence-electron chi connectivity index (χ2n) is 6.54. The molecule has 2 aliphatic rings. The highest BCUT2D eigenvalue weighted by Gasteiger charge is 2.37. The Morgan fingerprint density at radius 3 is 2.86 bits per heavy atom. The maximum atomic E-state index is 11.5. The van der Waals surface area contributed by atoms with Gasteiger partial charge in [0.1, 0.15) is 6.54 Å². The molecule has 1 unspecified atom stereocenters. The van der Waals surface area contributed by atoms with Gasteiger partial charge in [-0.3, -0.25) is 19.5 Å². The molecule has 1 amide bonds. The molecule has 0 bridgehead atoms. The Labute approximate surface area is 172 Å². The fourth-order valence-corrected chi connectivity index (χ4v) is 3.94. The lowest BCUT2D eigenvalue weighted by atomic mass is 10.1. The zero-order chi connectivity index (χ0) is 20.4. The molecule has 3 heterocycles. The summed E-state index contributed by atoms with van der Waals surface area (Å²) in [6, 6.07) is 9.51. The molecular weight excluding hydrogens is 390 g/mol. The topological polar surface area (TPSA) is 115 Å². The number of hydrogen-bond donors (Lipinski definition) is 3. The molecule has 4 N–H and O–H groups in total. The van der Waals surface area contributed by atoms with Crippen molar-refractivity contribution in [3.05, 3.63) is 66.0 Å². The van der Waals surface area contributed by atoms with Gasteiger partial charge in [0.2, 0.25) is 0 Å². The van der Waals surface area contributed by atoms with Crippen molar-refractivity contribution >= 4 is 29.5 Å². The van der Waals surface area contributed by atoms with E-state index < -0.39 is 12.0 Å². The Bertz CT molecular complexity index is 996. The van der Waals surface area contributed by atoms with Crippen LogP contribution in [0.2, 0.25) is 0 Å². The number of carbonyl (C=O) groups is 1. The molecule has 10 heteroatoms. The molecular formula is C19H21N7O2S+. The summed E-state index contributed by atoms with van der Waals surface area (Å²) in [5.74, 6) is 2.00. The highest BCUT2D eigenvalue weighted by atomic mass is 32.2. The van der Waals surface area contributed by atoms with Gasteiger partial charge >= 0.3 is 0 Å². The third-order valence-corrected chi connectivity index (χ3v) is 5.35. The lowest BCUT2D eigenvalue weighted by Crippen LogP contribution is -2.42.